The van der Waals surface area contributed by atoms with Gasteiger partial charge < -0.3 is 16.2 Å². The smallest absolute Gasteiger partial charge is 0.252 e. The van der Waals surface area contributed by atoms with Crippen molar-refractivity contribution in [1.29, 1.82) is 0 Å². The molecule has 0 saturated heterocycles. The number of aliphatic hydroxyl groups excluding tert-OH is 1. The van der Waals surface area contributed by atoms with Crippen molar-refractivity contribution in [1.82, 2.24) is 5.32 Å². The molecule has 0 aliphatic heterocycles. The van der Waals surface area contributed by atoms with Crippen LogP contribution in [0.1, 0.15) is 17.3 Å². The van der Waals surface area contributed by atoms with Crippen LogP contribution in [-0.2, 0) is 0 Å². The van der Waals surface area contributed by atoms with Crippen LogP contribution in [0.2, 0.25) is 5.02 Å². The van der Waals surface area contributed by atoms with E-state index in [1.807, 2.05) is 0 Å². The van der Waals surface area contributed by atoms with Crippen molar-refractivity contribution in [2.75, 3.05) is 12.3 Å². The predicted molar refractivity (Wildman–Crippen MR) is 59.9 cm³/mol. The largest absolute Gasteiger partial charge is 0.398 e. The van der Waals surface area contributed by atoms with E-state index >= 15 is 0 Å². The molecule has 82 valence electrons. The highest BCUT2D eigenvalue weighted by molar-refractivity contribution is 6.36. The Morgan fingerprint density at radius 3 is 2.93 bits per heavy atom. The molecule has 1 amide bonds. The third-order valence-electron chi connectivity index (χ3n) is 1.83. The third kappa shape index (κ3) is 3.11. The van der Waals surface area contributed by atoms with Crippen LogP contribution in [0.15, 0.2) is 18.2 Å². The summed E-state index contributed by atoms with van der Waals surface area (Å²) < 4.78 is 0. The van der Waals surface area contributed by atoms with Crippen LogP contribution in [0.3, 0.4) is 0 Å². The molecule has 0 spiro atoms. The van der Waals surface area contributed by atoms with Gasteiger partial charge in [-0.05, 0) is 19.1 Å². The van der Waals surface area contributed by atoms with E-state index in [1.54, 1.807) is 25.1 Å². The van der Waals surface area contributed by atoms with E-state index in [2.05, 4.69) is 5.32 Å². The van der Waals surface area contributed by atoms with Crippen molar-refractivity contribution in [3.05, 3.63) is 28.8 Å². The topological polar surface area (TPSA) is 75.3 Å². The van der Waals surface area contributed by atoms with E-state index in [1.165, 1.54) is 0 Å². The number of anilines is 1. The molecular formula is C10H13ClN2O2. The van der Waals surface area contributed by atoms with Crippen molar-refractivity contribution >= 4 is 23.2 Å². The number of hydrogen-bond acceptors (Lipinski definition) is 3. The van der Waals surface area contributed by atoms with Crippen LogP contribution in [0, 0.1) is 0 Å². The van der Waals surface area contributed by atoms with Gasteiger partial charge in [0, 0.05) is 6.54 Å². The monoisotopic (exact) mass is 228 g/mol. The highest BCUT2D eigenvalue weighted by Gasteiger charge is 2.11. The van der Waals surface area contributed by atoms with Crippen LogP contribution < -0.4 is 11.1 Å². The Morgan fingerprint density at radius 1 is 1.67 bits per heavy atom. The minimum atomic E-state index is -0.589. The van der Waals surface area contributed by atoms with Gasteiger partial charge in [0.15, 0.2) is 0 Å². The molecule has 4 nitrogen and oxygen atoms in total. The van der Waals surface area contributed by atoms with E-state index in [-0.39, 0.29) is 17.5 Å². The summed E-state index contributed by atoms with van der Waals surface area (Å²) in [5.41, 5.74) is 6.23. The number of rotatable bonds is 3. The van der Waals surface area contributed by atoms with Gasteiger partial charge in [-0.1, -0.05) is 17.7 Å². The van der Waals surface area contributed by atoms with E-state index in [4.69, 9.17) is 22.4 Å². The van der Waals surface area contributed by atoms with E-state index in [0.717, 1.165) is 0 Å². The second kappa shape index (κ2) is 5.00. The minimum Gasteiger partial charge on any atom is -0.398 e. The summed E-state index contributed by atoms with van der Waals surface area (Å²) in [5.74, 6) is -0.340. The Bertz CT molecular complexity index is 366. The summed E-state index contributed by atoms with van der Waals surface area (Å²) in [6.07, 6.45) is -0.589. The Labute approximate surface area is 93.0 Å². The zero-order valence-corrected chi connectivity index (χ0v) is 9.08. The number of nitrogen functional groups attached to an aromatic ring is 1. The molecule has 5 heteroatoms. The van der Waals surface area contributed by atoms with E-state index < -0.39 is 6.10 Å². The fourth-order valence-electron chi connectivity index (χ4n) is 1.06. The second-order valence-electron chi connectivity index (χ2n) is 3.27. The van der Waals surface area contributed by atoms with E-state index in [0.29, 0.717) is 11.3 Å². The molecular weight excluding hydrogens is 216 g/mol. The van der Waals surface area contributed by atoms with Crippen molar-refractivity contribution in [3.63, 3.8) is 0 Å². The molecule has 1 aromatic carbocycles. The van der Waals surface area contributed by atoms with Gasteiger partial charge in [-0.3, -0.25) is 4.79 Å². The summed E-state index contributed by atoms with van der Waals surface area (Å²) in [7, 11) is 0. The van der Waals surface area contributed by atoms with Gasteiger partial charge in [0.25, 0.3) is 5.91 Å². The fourth-order valence-corrected chi connectivity index (χ4v) is 1.27. The lowest BCUT2D eigenvalue weighted by Crippen LogP contribution is -2.30. The lowest BCUT2D eigenvalue weighted by atomic mass is 10.2. The summed E-state index contributed by atoms with van der Waals surface area (Å²) in [6, 6.07) is 4.85. The van der Waals surface area contributed by atoms with Crippen LogP contribution in [0.5, 0.6) is 0 Å². The average molecular weight is 229 g/mol. The molecule has 15 heavy (non-hydrogen) atoms. The maximum atomic E-state index is 11.6. The number of nitrogens with two attached hydrogens (primary N) is 1. The third-order valence-corrected chi connectivity index (χ3v) is 2.25. The molecule has 0 radical (unpaired) electrons. The number of halogens is 1. The Balaban J connectivity index is 2.78. The van der Waals surface area contributed by atoms with Crippen molar-refractivity contribution in [3.8, 4) is 0 Å². The number of hydrogen-bond donors (Lipinski definition) is 3. The number of benzene rings is 1. The molecule has 1 aromatic rings. The molecule has 0 saturated carbocycles. The maximum absolute atomic E-state index is 11.6. The summed E-state index contributed by atoms with van der Waals surface area (Å²) in [4.78, 5) is 11.6. The molecule has 4 N–H and O–H groups in total. The quantitative estimate of drug-likeness (QED) is 0.677. The molecule has 0 aliphatic rings. The van der Waals surface area contributed by atoms with Crippen LogP contribution >= 0.6 is 11.6 Å². The van der Waals surface area contributed by atoms with Gasteiger partial charge in [0.2, 0.25) is 0 Å². The highest BCUT2D eigenvalue weighted by atomic mass is 35.5. The number of carbonyl (C=O) groups is 1. The van der Waals surface area contributed by atoms with Crippen LogP contribution in [0.4, 0.5) is 5.69 Å². The normalized spacial score (nSPS) is 12.2. The van der Waals surface area contributed by atoms with Crippen LogP contribution in [-0.4, -0.2) is 23.7 Å². The van der Waals surface area contributed by atoms with Crippen molar-refractivity contribution in [2.45, 2.75) is 13.0 Å². The predicted octanol–water partition coefficient (Wildman–Crippen LogP) is 1.03. The molecule has 1 rings (SSSR count). The standard InChI is InChI=1S/C10H13ClN2O2/c1-6(14)5-13-10(15)7-3-2-4-8(12)9(7)11/h2-4,6,14H,5,12H2,1H3,(H,13,15)/t6-/m1/s1. The SMILES string of the molecule is C[C@@H](O)CNC(=O)c1cccc(N)c1Cl. The molecule has 0 fully saturated rings. The zero-order chi connectivity index (χ0) is 11.4. The number of amides is 1. The van der Waals surface area contributed by atoms with Gasteiger partial charge in [-0.2, -0.15) is 0 Å². The first-order valence-corrected chi connectivity index (χ1v) is 4.90. The second-order valence-corrected chi connectivity index (χ2v) is 3.65. The minimum absolute atomic E-state index is 0.184. The Hall–Kier alpha value is -1.26. The van der Waals surface area contributed by atoms with Gasteiger partial charge >= 0.3 is 0 Å². The molecule has 0 aromatic heterocycles. The number of carbonyl (C=O) groups excluding carboxylic acids is 1. The van der Waals surface area contributed by atoms with Crippen molar-refractivity contribution < 1.29 is 9.90 Å². The van der Waals surface area contributed by atoms with Gasteiger partial charge in [0.1, 0.15) is 0 Å². The van der Waals surface area contributed by atoms with E-state index in [9.17, 15) is 4.79 Å². The van der Waals surface area contributed by atoms with Gasteiger partial charge in [-0.15, -0.1) is 0 Å². The highest BCUT2D eigenvalue weighted by Crippen LogP contribution is 2.22. The zero-order valence-electron chi connectivity index (χ0n) is 8.33. The molecule has 0 bridgehead atoms. The number of nitrogens with one attached hydrogen (secondary N) is 1. The first kappa shape index (κ1) is 11.8. The van der Waals surface area contributed by atoms with Crippen molar-refractivity contribution in [2.24, 2.45) is 0 Å². The summed E-state index contributed by atoms with van der Waals surface area (Å²) in [5, 5.41) is 11.8. The summed E-state index contributed by atoms with van der Waals surface area (Å²) in [6.45, 7) is 1.77. The first-order chi connectivity index (χ1) is 7.02. The van der Waals surface area contributed by atoms with Gasteiger partial charge in [0.05, 0.1) is 22.4 Å². The molecule has 0 unspecified atom stereocenters. The fraction of sp³-hybridized carbons (Fsp3) is 0.300. The lowest BCUT2D eigenvalue weighted by Gasteiger charge is -2.09. The first-order valence-electron chi connectivity index (χ1n) is 4.52. The lowest BCUT2D eigenvalue weighted by molar-refractivity contribution is 0.0924. The Kier molecular flexibility index (Phi) is 3.94. The average Bonchev–Trinajstić information content (AvgIpc) is 2.18. The molecule has 0 aliphatic carbocycles. The maximum Gasteiger partial charge on any atom is 0.252 e. The number of aliphatic hydroxyl groups is 1. The molecule has 0 heterocycles. The summed E-state index contributed by atoms with van der Waals surface area (Å²) >= 11 is 5.86. The van der Waals surface area contributed by atoms with Gasteiger partial charge in [-0.25, -0.2) is 0 Å². The van der Waals surface area contributed by atoms with Crippen LogP contribution in [0.25, 0.3) is 0 Å². The Morgan fingerprint density at radius 2 is 2.33 bits per heavy atom. The molecule has 1 atom stereocenters.